The number of hydrogen-bond acceptors (Lipinski definition) is 2. The van der Waals surface area contributed by atoms with Crippen LogP contribution in [0, 0.1) is 0 Å². The average molecular weight is 347 g/mol. The highest BCUT2D eigenvalue weighted by Gasteiger charge is 2.22. The molecule has 2 aromatic rings. The van der Waals surface area contributed by atoms with E-state index in [1.807, 2.05) is 38.1 Å². The third-order valence-corrected chi connectivity index (χ3v) is 4.13. The first-order valence-corrected chi connectivity index (χ1v) is 8.55. The van der Waals surface area contributed by atoms with Crippen LogP contribution < -0.4 is 4.74 Å². The summed E-state index contributed by atoms with van der Waals surface area (Å²) >= 11 is 6.10. The smallest absolute Gasteiger partial charge is 0.311 e. The molecule has 1 atom stereocenters. The number of hydrogen-bond donors (Lipinski definition) is 1. The predicted octanol–water partition coefficient (Wildman–Crippen LogP) is 5.10. The Morgan fingerprint density at radius 1 is 1.17 bits per heavy atom. The van der Waals surface area contributed by atoms with Crippen LogP contribution >= 0.6 is 11.6 Å². The van der Waals surface area contributed by atoms with Crippen molar-refractivity contribution >= 4 is 17.6 Å². The molecule has 0 radical (unpaired) electrons. The summed E-state index contributed by atoms with van der Waals surface area (Å²) in [5.74, 6) is -0.801. The molecule has 4 heteroatoms. The third-order valence-electron chi connectivity index (χ3n) is 3.90. The third kappa shape index (κ3) is 4.75. The lowest BCUT2D eigenvalue weighted by Crippen LogP contribution is -2.16. The zero-order valence-electron chi connectivity index (χ0n) is 14.3. The molecule has 1 N–H and O–H groups in total. The lowest BCUT2D eigenvalue weighted by molar-refractivity contribution is -0.138. The maximum Gasteiger partial charge on any atom is 0.311 e. The van der Waals surface area contributed by atoms with Gasteiger partial charge >= 0.3 is 5.97 Å². The number of rotatable bonds is 7. The van der Waals surface area contributed by atoms with Crippen molar-refractivity contribution in [1.29, 1.82) is 0 Å². The quantitative estimate of drug-likeness (QED) is 0.758. The monoisotopic (exact) mass is 346 g/mol. The molecular weight excluding hydrogens is 324 g/mol. The summed E-state index contributed by atoms with van der Waals surface area (Å²) in [6.45, 7) is 5.96. The predicted molar refractivity (Wildman–Crippen MR) is 97.1 cm³/mol. The summed E-state index contributed by atoms with van der Waals surface area (Å²) in [4.78, 5) is 11.8. The van der Waals surface area contributed by atoms with Crippen molar-refractivity contribution in [2.75, 3.05) is 0 Å². The van der Waals surface area contributed by atoms with Gasteiger partial charge in [0.25, 0.3) is 0 Å². The minimum atomic E-state index is -0.852. The molecule has 0 bridgehead atoms. The summed E-state index contributed by atoms with van der Waals surface area (Å²) in [6.07, 6.45) is 1.28. The molecule has 0 saturated carbocycles. The van der Waals surface area contributed by atoms with Crippen molar-refractivity contribution in [2.45, 2.75) is 45.6 Å². The van der Waals surface area contributed by atoms with E-state index in [-0.39, 0.29) is 6.10 Å². The Balaban J connectivity index is 2.33. The fourth-order valence-electron chi connectivity index (χ4n) is 2.63. The first-order chi connectivity index (χ1) is 11.4. The van der Waals surface area contributed by atoms with Crippen LogP contribution in [0.15, 0.2) is 42.5 Å². The van der Waals surface area contributed by atoms with Crippen molar-refractivity contribution in [2.24, 2.45) is 0 Å². The van der Waals surface area contributed by atoms with Gasteiger partial charge in [0, 0.05) is 5.02 Å². The van der Waals surface area contributed by atoms with Gasteiger partial charge in [0.1, 0.15) is 5.75 Å². The maximum absolute atomic E-state index is 11.8. The summed E-state index contributed by atoms with van der Waals surface area (Å²) in [5.41, 5.74) is 2.79. The molecule has 2 rings (SSSR count). The highest BCUT2D eigenvalue weighted by Crippen LogP contribution is 2.30. The van der Waals surface area contributed by atoms with E-state index in [0.29, 0.717) is 17.2 Å². The zero-order chi connectivity index (χ0) is 17.7. The number of ether oxygens (including phenoxy) is 1. The Kier molecular flexibility index (Phi) is 6.27. The number of carbonyl (C=O) groups is 1. The van der Waals surface area contributed by atoms with Gasteiger partial charge in [-0.05, 0) is 61.6 Å². The van der Waals surface area contributed by atoms with Crippen molar-refractivity contribution in [3.63, 3.8) is 0 Å². The molecule has 0 fully saturated rings. The van der Waals surface area contributed by atoms with Crippen molar-refractivity contribution in [3.8, 4) is 5.75 Å². The van der Waals surface area contributed by atoms with Crippen molar-refractivity contribution in [3.05, 3.63) is 64.2 Å². The number of aliphatic carboxylic acids is 1. The van der Waals surface area contributed by atoms with Gasteiger partial charge < -0.3 is 9.84 Å². The van der Waals surface area contributed by atoms with Gasteiger partial charge in [-0.2, -0.15) is 0 Å². The van der Waals surface area contributed by atoms with E-state index >= 15 is 0 Å². The molecule has 1 unspecified atom stereocenters. The fourth-order valence-corrected chi connectivity index (χ4v) is 2.82. The summed E-state index contributed by atoms with van der Waals surface area (Å²) in [7, 11) is 0. The Hall–Kier alpha value is -2.00. The highest BCUT2D eigenvalue weighted by molar-refractivity contribution is 6.30. The van der Waals surface area contributed by atoms with E-state index in [4.69, 9.17) is 16.3 Å². The molecule has 3 nitrogen and oxygen atoms in total. The Morgan fingerprint density at radius 2 is 1.83 bits per heavy atom. The second-order valence-electron chi connectivity index (χ2n) is 6.11. The van der Waals surface area contributed by atoms with Gasteiger partial charge in [-0.3, -0.25) is 4.79 Å². The minimum Gasteiger partial charge on any atom is -0.491 e. The molecule has 0 aliphatic carbocycles. The molecule has 0 heterocycles. The highest BCUT2D eigenvalue weighted by atomic mass is 35.5. The van der Waals surface area contributed by atoms with Gasteiger partial charge in [-0.15, -0.1) is 0 Å². The summed E-state index contributed by atoms with van der Waals surface area (Å²) in [6, 6.07) is 13.1. The van der Waals surface area contributed by atoms with Gasteiger partial charge in [0.05, 0.1) is 12.0 Å². The van der Waals surface area contributed by atoms with Crippen LogP contribution in [0.4, 0.5) is 0 Å². The van der Waals surface area contributed by atoms with Crippen LogP contribution in [0.5, 0.6) is 5.75 Å². The standard InChI is InChI=1S/C20H23ClO3/c1-4-14-5-7-15(8-6-14)18(20(22)23)12-16-11-17(21)9-10-19(16)24-13(2)3/h5-11,13,18H,4,12H2,1-3H3,(H,22,23). The molecule has 0 saturated heterocycles. The van der Waals surface area contributed by atoms with E-state index in [2.05, 4.69) is 6.92 Å². The molecule has 0 aliphatic rings. The number of carboxylic acid groups (broad SMARTS) is 1. The Bertz CT molecular complexity index is 693. The van der Waals surface area contributed by atoms with Crippen LogP contribution in [0.3, 0.4) is 0 Å². The first-order valence-electron chi connectivity index (χ1n) is 8.17. The first kappa shape index (κ1) is 18.3. The average Bonchev–Trinajstić information content (AvgIpc) is 2.54. The Morgan fingerprint density at radius 3 is 2.38 bits per heavy atom. The Labute approximate surface area is 148 Å². The van der Waals surface area contributed by atoms with E-state index in [1.54, 1.807) is 18.2 Å². The van der Waals surface area contributed by atoms with E-state index in [9.17, 15) is 9.90 Å². The molecule has 2 aromatic carbocycles. The van der Waals surface area contributed by atoms with Gasteiger partial charge in [0.15, 0.2) is 0 Å². The molecular formula is C20H23ClO3. The van der Waals surface area contributed by atoms with Crippen LogP contribution in [0.25, 0.3) is 0 Å². The van der Waals surface area contributed by atoms with E-state index in [1.165, 1.54) is 5.56 Å². The fraction of sp³-hybridized carbons (Fsp3) is 0.350. The van der Waals surface area contributed by atoms with Crippen LogP contribution in [0.2, 0.25) is 5.02 Å². The molecule has 24 heavy (non-hydrogen) atoms. The van der Waals surface area contributed by atoms with E-state index < -0.39 is 11.9 Å². The van der Waals surface area contributed by atoms with Gasteiger partial charge in [-0.1, -0.05) is 42.8 Å². The van der Waals surface area contributed by atoms with Crippen LogP contribution in [-0.4, -0.2) is 17.2 Å². The van der Waals surface area contributed by atoms with Crippen LogP contribution in [0.1, 0.15) is 43.4 Å². The SMILES string of the molecule is CCc1ccc(C(Cc2cc(Cl)ccc2OC(C)C)C(=O)O)cc1. The molecule has 0 amide bonds. The largest absolute Gasteiger partial charge is 0.491 e. The second-order valence-corrected chi connectivity index (χ2v) is 6.55. The maximum atomic E-state index is 11.8. The number of halogens is 1. The number of aryl methyl sites for hydroxylation is 1. The number of carboxylic acids is 1. The number of benzene rings is 2. The molecule has 0 aromatic heterocycles. The lowest BCUT2D eigenvalue weighted by Gasteiger charge is -2.18. The van der Waals surface area contributed by atoms with Crippen molar-refractivity contribution in [1.82, 2.24) is 0 Å². The van der Waals surface area contributed by atoms with E-state index in [0.717, 1.165) is 17.5 Å². The zero-order valence-corrected chi connectivity index (χ0v) is 15.0. The van der Waals surface area contributed by atoms with Crippen LogP contribution in [-0.2, 0) is 17.6 Å². The molecule has 0 aliphatic heterocycles. The second kappa shape index (κ2) is 8.20. The molecule has 0 spiro atoms. The van der Waals surface area contributed by atoms with Gasteiger partial charge in [0.2, 0.25) is 0 Å². The normalized spacial score (nSPS) is 12.2. The molecule has 128 valence electrons. The topological polar surface area (TPSA) is 46.5 Å². The lowest BCUT2D eigenvalue weighted by atomic mass is 9.91. The summed E-state index contributed by atoms with van der Waals surface area (Å²) in [5, 5.41) is 10.3. The minimum absolute atomic E-state index is 0.0111. The van der Waals surface area contributed by atoms with Gasteiger partial charge in [-0.25, -0.2) is 0 Å². The summed E-state index contributed by atoms with van der Waals surface area (Å²) < 4.78 is 5.80. The van der Waals surface area contributed by atoms with Crippen molar-refractivity contribution < 1.29 is 14.6 Å².